The summed E-state index contributed by atoms with van der Waals surface area (Å²) in [5.41, 5.74) is 1.81. The van der Waals surface area contributed by atoms with Gasteiger partial charge in [-0.2, -0.15) is 0 Å². The van der Waals surface area contributed by atoms with Crippen molar-refractivity contribution in [2.45, 2.75) is 31.2 Å². The Balaban J connectivity index is 1.94. The Morgan fingerprint density at radius 2 is 2.05 bits per heavy atom. The van der Waals surface area contributed by atoms with Gasteiger partial charge in [-0.15, -0.1) is 0 Å². The highest BCUT2D eigenvalue weighted by atomic mass is 32.2. The lowest BCUT2D eigenvalue weighted by Crippen LogP contribution is -2.37. The Labute approximate surface area is 126 Å². The zero-order valence-electron chi connectivity index (χ0n) is 12.8. The number of rotatable bonds is 5. The molecule has 0 spiro atoms. The van der Waals surface area contributed by atoms with Crippen LogP contribution in [0, 0.1) is 12.8 Å². The van der Waals surface area contributed by atoms with E-state index in [9.17, 15) is 8.42 Å². The molecule has 0 heterocycles. The summed E-state index contributed by atoms with van der Waals surface area (Å²) in [5.74, 6) is 1.58. The van der Waals surface area contributed by atoms with E-state index in [-0.39, 0.29) is 0 Å². The third-order valence-corrected chi connectivity index (χ3v) is 4.83. The SMILES string of the molecule is CN=C(NCc1ccc(S(C)(=O)=O)c(C)c1)NCC1CC1. The molecule has 5 nitrogen and oxygen atoms in total. The van der Waals surface area contributed by atoms with Gasteiger partial charge in [0, 0.05) is 26.4 Å². The lowest BCUT2D eigenvalue weighted by Gasteiger charge is -2.12. The highest BCUT2D eigenvalue weighted by Crippen LogP contribution is 2.27. The highest BCUT2D eigenvalue weighted by molar-refractivity contribution is 7.90. The number of nitrogens with one attached hydrogen (secondary N) is 2. The minimum Gasteiger partial charge on any atom is -0.356 e. The summed E-state index contributed by atoms with van der Waals surface area (Å²) in [6.07, 6.45) is 3.84. The molecule has 1 saturated carbocycles. The second kappa shape index (κ2) is 6.47. The number of hydrogen-bond acceptors (Lipinski definition) is 3. The number of aryl methyl sites for hydroxylation is 1. The molecule has 0 amide bonds. The van der Waals surface area contributed by atoms with Crippen LogP contribution in [0.15, 0.2) is 28.1 Å². The van der Waals surface area contributed by atoms with E-state index in [1.807, 2.05) is 19.1 Å². The van der Waals surface area contributed by atoms with E-state index in [1.54, 1.807) is 13.1 Å². The predicted molar refractivity (Wildman–Crippen MR) is 85.2 cm³/mol. The van der Waals surface area contributed by atoms with Crippen LogP contribution in [0.3, 0.4) is 0 Å². The van der Waals surface area contributed by atoms with Gasteiger partial charge in [0.15, 0.2) is 15.8 Å². The number of hydrogen-bond donors (Lipinski definition) is 2. The number of nitrogens with zero attached hydrogens (tertiary/aromatic N) is 1. The Kier molecular flexibility index (Phi) is 4.88. The molecular weight excluding hydrogens is 286 g/mol. The maximum absolute atomic E-state index is 11.6. The Morgan fingerprint density at radius 1 is 1.33 bits per heavy atom. The minimum absolute atomic E-state index is 0.391. The lowest BCUT2D eigenvalue weighted by atomic mass is 10.1. The standard InChI is InChI=1S/C15H23N3O2S/c1-11-8-13(6-7-14(11)21(3,19)20)10-18-15(16-2)17-9-12-4-5-12/h6-8,12H,4-5,9-10H2,1-3H3,(H2,16,17,18). The van der Waals surface area contributed by atoms with Crippen molar-refractivity contribution >= 4 is 15.8 Å². The molecule has 116 valence electrons. The van der Waals surface area contributed by atoms with Gasteiger partial charge in [0.05, 0.1) is 4.90 Å². The normalized spacial score (nSPS) is 15.9. The first-order chi connectivity index (χ1) is 9.90. The monoisotopic (exact) mass is 309 g/mol. The molecule has 1 aromatic carbocycles. The number of sulfone groups is 1. The third kappa shape index (κ3) is 4.74. The molecule has 1 aliphatic carbocycles. The first kappa shape index (κ1) is 15.8. The average molecular weight is 309 g/mol. The summed E-state index contributed by atoms with van der Waals surface area (Å²) in [6, 6.07) is 5.41. The second-order valence-electron chi connectivity index (χ2n) is 5.62. The van der Waals surface area contributed by atoms with E-state index in [0.29, 0.717) is 11.4 Å². The zero-order valence-corrected chi connectivity index (χ0v) is 13.6. The van der Waals surface area contributed by atoms with Crippen LogP contribution >= 0.6 is 0 Å². The van der Waals surface area contributed by atoms with Crippen molar-refractivity contribution in [3.63, 3.8) is 0 Å². The van der Waals surface area contributed by atoms with Gasteiger partial charge < -0.3 is 10.6 Å². The topological polar surface area (TPSA) is 70.6 Å². The van der Waals surface area contributed by atoms with Crippen LogP contribution in [0.4, 0.5) is 0 Å². The smallest absolute Gasteiger partial charge is 0.191 e. The maximum Gasteiger partial charge on any atom is 0.191 e. The number of aliphatic imine (C=N–C) groups is 1. The van der Waals surface area contributed by atoms with E-state index in [0.717, 1.165) is 29.5 Å². The lowest BCUT2D eigenvalue weighted by molar-refractivity contribution is 0.601. The molecule has 21 heavy (non-hydrogen) atoms. The molecule has 0 bridgehead atoms. The van der Waals surface area contributed by atoms with Gasteiger partial charge in [0.2, 0.25) is 0 Å². The van der Waals surface area contributed by atoms with Gasteiger partial charge >= 0.3 is 0 Å². The van der Waals surface area contributed by atoms with Gasteiger partial charge in [0.1, 0.15) is 0 Å². The summed E-state index contributed by atoms with van der Waals surface area (Å²) in [7, 11) is -1.40. The summed E-state index contributed by atoms with van der Waals surface area (Å²) >= 11 is 0. The van der Waals surface area contributed by atoms with Crippen LogP contribution in [-0.2, 0) is 16.4 Å². The van der Waals surface area contributed by atoms with Gasteiger partial charge in [-0.25, -0.2) is 8.42 Å². The summed E-state index contributed by atoms with van der Waals surface area (Å²) < 4.78 is 23.2. The van der Waals surface area contributed by atoms with Crippen LogP contribution in [-0.4, -0.2) is 34.2 Å². The molecule has 0 aliphatic heterocycles. The quantitative estimate of drug-likeness (QED) is 0.638. The zero-order chi connectivity index (χ0) is 15.5. The van der Waals surface area contributed by atoms with E-state index in [4.69, 9.17) is 0 Å². The predicted octanol–water partition coefficient (Wildman–Crippen LogP) is 1.47. The van der Waals surface area contributed by atoms with Crippen molar-refractivity contribution in [2.75, 3.05) is 19.8 Å². The van der Waals surface area contributed by atoms with E-state index >= 15 is 0 Å². The minimum atomic E-state index is -3.15. The van der Waals surface area contributed by atoms with Gasteiger partial charge in [-0.3, -0.25) is 4.99 Å². The largest absolute Gasteiger partial charge is 0.356 e. The van der Waals surface area contributed by atoms with Crippen molar-refractivity contribution in [1.82, 2.24) is 10.6 Å². The summed E-state index contributed by atoms with van der Waals surface area (Å²) in [6.45, 7) is 3.40. The van der Waals surface area contributed by atoms with Gasteiger partial charge in [0.25, 0.3) is 0 Å². The van der Waals surface area contributed by atoms with Crippen molar-refractivity contribution in [2.24, 2.45) is 10.9 Å². The molecule has 0 unspecified atom stereocenters. The number of benzene rings is 1. The highest BCUT2D eigenvalue weighted by Gasteiger charge is 2.21. The Morgan fingerprint density at radius 3 is 2.57 bits per heavy atom. The first-order valence-corrected chi connectivity index (χ1v) is 9.03. The molecule has 0 aromatic heterocycles. The molecule has 1 aromatic rings. The van der Waals surface area contributed by atoms with E-state index in [2.05, 4.69) is 15.6 Å². The van der Waals surface area contributed by atoms with Crippen LogP contribution in [0.25, 0.3) is 0 Å². The molecule has 1 aliphatic rings. The fourth-order valence-corrected chi connectivity index (χ4v) is 3.17. The molecular formula is C15H23N3O2S. The van der Waals surface area contributed by atoms with Crippen LogP contribution < -0.4 is 10.6 Å². The molecule has 0 saturated heterocycles. The van der Waals surface area contributed by atoms with Crippen LogP contribution in [0.5, 0.6) is 0 Å². The molecule has 2 N–H and O–H groups in total. The Hall–Kier alpha value is -1.56. The maximum atomic E-state index is 11.6. The fourth-order valence-electron chi connectivity index (χ4n) is 2.21. The summed E-state index contributed by atoms with van der Waals surface area (Å²) in [4.78, 5) is 4.57. The average Bonchev–Trinajstić information content (AvgIpc) is 3.21. The van der Waals surface area contributed by atoms with E-state index in [1.165, 1.54) is 19.1 Å². The molecule has 6 heteroatoms. The van der Waals surface area contributed by atoms with Crippen molar-refractivity contribution in [3.05, 3.63) is 29.3 Å². The van der Waals surface area contributed by atoms with Gasteiger partial charge in [-0.1, -0.05) is 12.1 Å². The van der Waals surface area contributed by atoms with Crippen LogP contribution in [0.1, 0.15) is 24.0 Å². The van der Waals surface area contributed by atoms with Gasteiger partial charge in [-0.05, 0) is 42.9 Å². The summed E-state index contributed by atoms with van der Waals surface area (Å²) in [5, 5.41) is 6.54. The number of guanidine groups is 1. The van der Waals surface area contributed by atoms with Crippen LogP contribution in [0.2, 0.25) is 0 Å². The van der Waals surface area contributed by atoms with Crippen molar-refractivity contribution in [3.8, 4) is 0 Å². The molecule has 2 rings (SSSR count). The second-order valence-corrected chi connectivity index (χ2v) is 7.61. The third-order valence-electron chi connectivity index (χ3n) is 3.58. The van der Waals surface area contributed by atoms with Crippen molar-refractivity contribution in [1.29, 1.82) is 0 Å². The molecule has 1 fully saturated rings. The van der Waals surface area contributed by atoms with E-state index < -0.39 is 9.84 Å². The first-order valence-electron chi connectivity index (χ1n) is 7.14. The molecule has 0 radical (unpaired) electrons. The van der Waals surface area contributed by atoms with Crippen molar-refractivity contribution < 1.29 is 8.42 Å². The Bertz CT molecular complexity index is 634. The fraction of sp³-hybridized carbons (Fsp3) is 0.533. The molecule has 0 atom stereocenters.